The molecule has 18 heavy (non-hydrogen) atoms. The van der Waals surface area contributed by atoms with Gasteiger partial charge in [0, 0.05) is 25.0 Å². The molecule has 0 bridgehead atoms. The second-order valence-corrected chi connectivity index (χ2v) is 4.98. The minimum atomic E-state index is -0.173. The Morgan fingerprint density at radius 3 is 3.00 bits per heavy atom. The fourth-order valence-corrected chi connectivity index (χ4v) is 2.23. The predicted molar refractivity (Wildman–Crippen MR) is 68.3 cm³/mol. The molecule has 1 fully saturated rings. The number of carbonyl (C=O) groups is 1. The number of hydrogen-bond donors (Lipinski definition) is 2. The van der Waals surface area contributed by atoms with Crippen LogP contribution in [0.3, 0.4) is 0 Å². The van der Waals surface area contributed by atoms with Crippen LogP contribution in [0, 0.1) is 0 Å². The maximum Gasteiger partial charge on any atom is 0.291 e. The summed E-state index contributed by atoms with van der Waals surface area (Å²) in [5.41, 5.74) is 0. The van der Waals surface area contributed by atoms with Gasteiger partial charge >= 0.3 is 0 Å². The molecule has 0 saturated carbocycles. The first-order valence-corrected chi connectivity index (χ1v) is 6.52. The van der Waals surface area contributed by atoms with Crippen molar-refractivity contribution in [2.75, 3.05) is 13.6 Å². The molecule has 6 nitrogen and oxygen atoms in total. The largest absolute Gasteiger partial charge is 0.346 e. The topological polar surface area (TPSA) is 73.9 Å². The molecule has 1 aromatic rings. The van der Waals surface area contributed by atoms with Gasteiger partial charge in [-0.05, 0) is 26.8 Å². The molecule has 0 radical (unpaired) electrons. The Balaban J connectivity index is 1.91. The normalized spacial score (nSPS) is 25.1. The smallest absolute Gasteiger partial charge is 0.291 e. The highest BCUT2D eigenvalue weighted by atomic mass is 16.2. The molecule has 1 aliphatic rings. The molecule has 0 aromatic carbocycles. The molecule has 2 atom stereocenters. The number of nitrogens with zero attached hydrogens (tertiary/aromatic N) is 3. The first kappa shape index (κ1) is 13.0. The number of H-pyrrole nitrogens is 1. The van der Waals surface area contributed by atoms with E-state index in [1.54, 1.807) is 0 Å². The third-order valence-corrected chi connectivity index (χ3v) is 3.61. The van der Waals surface area contributed by atoms with E-state index in [-0.39, 0.29) is 17.8 Å². The van der Waals surface area contributed by atoms with Gasteiger partial charge in [0.1, 0.15) is 5.82 Å². The Bertz CT molecular complexity index is 416. The van der Waals surface area contributed by atoms with Gasteiger partial charge in [0.15, 0.2) is 0 Å². The van der Waals surface area contributed by atoms with Crippen molar-refractivity contribution >= 4 is 5.91 Å². The summed E-state index contributed by atoms with van der Waals surface area (Å²) < 4.78 is 0. The van der Waals surface area contributed by atoms with Crippen LogP contribution in [0.25, 0.3) is 0 Å². The van der Waals surface area contributed by atoms with Crippen molar-refractivity contribution in [3.63, 3.8) is 0 Å². The molecule has 1 saturated heterocycles. The van der Waals surface area contributed by atoms with Crippen molar-refractivity contribution in [3.8, 4) is 0 Å². The summed E-state index contributed by atoms with van der Waals surface area (Å²) in [5.74, 6) is 0.822. The molecule has 2 N–H and O–H groups in total. The van der Waals surface area contributed by atoms with Crippen molar-refractivity contribution in [3.05, 3.63) is 11.6 Å². The van der Waals surface area contributed by atoms with Crippen LogP contribution in [-0.4, -0.2) is 51.7 Å². The van der Waals surface area contributed by atoms with Crippen LogP contribution >= 0.6 is 0 Å². The van der Waals surface area contributed by atoms with E-state index in [0.29, 0.717) is 6.04 Å². The minimum absolute atomic E-state index is 0.173. The van der Waals surface area contributed by atoms with E-state index >= 15 is 0 Å². The van der Waals surface area contributed by atoms with Crippen LogP contribution in [-0.2, 0) is 6.42 Å². The molecule has 2 unspecified atom stereocenters. The highest BCUT2D eigenvalue weighted by Crippen LogP contribution is 2.15. The molecule has 1 aromatic heterocycles. The third kappa shape index (κ3) is 2.87. The van der Waals surface area contributed by atoms with E-state index in [2.05, 4.69) is 39.4 Å². The Morgan fingerprint density at radius 1 is 1.61 bits per heavy atom. The monoisotopic (exact) mass is 251 g/mol. The summed E-state index contributed by atoms with van der Waals surface area (Å²) in [6.07, 6.45) is 2.72. The van der Waals surface area contributed by atoms with Crippen molar-refractivity contribution in [2.45, 2.75) is 45.2 Å². The molecule has 0 aliphatic carbocycles. The Labute approximate surface area is 107 Å². The molecule has 0 spiro atoms. The van der Waals surface area contributed by atoms with Gasteiger partial charge in [-0.25, -0.2) is 4.98 Å². The lowest BCUT2D eigenvalue weighted by molar-refractivity contribution is 0.0886. The van der Waals surface area contributed by atoms with Crippen molar-refractivity contribution < 1.29 is 4.79 Å². The van der Waals surface area contributed by atoms with Gasteiger partial charge in [-0.2, -0.15) is 0 Å². The van der Waals surface area contributed by atoms with Gasteiger partial charge in [0.2, 0.25) is 5.82 Å². The summed E-state index contributed by atoms with van der Waals surface area (Å²) in [6, 6.07) is 0.731. The van der Waals surface area contributed by atoms with Gasteiger partial charge in [0.05, 0.1) is 0 Å². The summed E-state index contributed by atoms with van der Waals surface area (Å²) in [4.78, 5) is 18.4. The molecular weight excluding hydrogens is 230 g/mol. The van der Waals surface area contributed by atoms with Crippen LogP contribution in [0.5, 0.6) is 0 Å². The number of piperidine rings is 1. The van der Waals surface area contributed by atoms with Crippen molar-refractivity contribution in [1.82, 2.24) is 25.4 Å². The molecule has 6 heteroatoms. The second-order valence-electron chi connectivity index (χ2n) is 4.98. The maximum absolute atomic E-state index is 12.0. The summed E-state index contributed by atoms with van der Waals surface area (Å²) >= 11 is 0. The van der Waals surface area contributed by atoms with E-state index < -0.39 is 0 Å². The van der Waals surface area contributed by atoms with E-state index in [1.807, 2.05) is 6.92 Å². The first-order valence-electron chi connectivity index (χ1n) is 6.52. The fraction of sp³-hybridized carbons (Fsp3) is 0.750. The van der Waals surface area contributed by atoms with E-state index in [1.165, 1.54) is 0 Å². The average Bonchev–Trinajstić information content (AvgIpc) is 2.82. The van der Waals surface area contributed by atoms with Crippen molar-refractivity contribution in [1.29, 1.82) is 0 Å². The van der Waals surface area contributed by atoms with E-state index in [0.717, 1.165) is 31.6 Å². The highest BCUT2D eigenvalue weighted by Gasteiger charge is 2.25. The van der Waals surface area contributed by atoms with Gasteiger partial charge in [-0.3, -0.25) is 9.89 Å². The Morgan fingerprint density at radius 2 is 2.39 bits per heavy atom. The molecular formula is C12H21N5O. The van der Waals surface area contributed by atoms with Crippen LogP contribution in [0.15, 0.2) is 0 Å². The maximum atomic E-state index is 12.0. The van der Waals surface area contributed by atoms with Crippen LogP contribution in [0.1, 0.15) is 43.1 Å². The number of nitrogens with one attached hydrogen (secondary N) is 2. The average molecular weight is 251 g/mol. The Kier molecular flexibility index (Phi) is 3.96. The molecule has 100 valence electrons. The van der Waals surface area contributed by atoms with Gasteiger partial charge in [0.25, 0.3) is 5.91 Å². The minimum Gasteiger partial charge on any atom is -0.346 e. The molecule has 1 aliphatic heterocycles. The lowest BCUT2D eigenvalue weighted by Gasteiger charge is -2.35. The zero-order valence-corrected chi connectivity index (χ0v) is 11.2. The standard InChI is InChI=1S/C12H21N5O/c1-4-10-14-11(16-15-10)12(18)13-9-5-6-17(3)8(2)7-9/h8-9H,4-7H2,1-3H3,(H,13,18)(H,14,15,16). The number of likely N-dealkylation sites (tertiary alicyclic amines) is 1. The molecule has 2 rings (SSSR count). The van der Waals surface area contributed by atoms with Crippen LogP contribution < -0.4 is 5.32 Å². The lowest BCUT2D eigenvalue weighted by Crippen LogP contribution is -2.47. The van der Waals surface area contributed by atoms with Crippen LogP contribution in [0.4, 0.5) is 0 Å². The molecule has 2 heterocycles. The number of amides is 1. The number of hydrogen-bond acceptors (Lipinski definition) is 4. The van der Waals surface area contributed by atoms with E-state index in [9.17, 15) is 4.79 Å². The zero-order valence-electron chi connectivity index (χ0n) is 11.2. The quantitative estimate of drug-likeness (QED) is 0.824. The summed E-state index contributed by atoms with van der Waals surface area (Å²) in [6.45, 7) is 5.17. The fourth-order valence-electron chi connectivity index (χ4n) is 2.23. The van der Waals surface area contributed by atoms with Crippen molar-refractivity contribution in [2.24, 2.45) is 0 Å². The third-order valence-electron chi connectivity index (χ3n) is 3.61. The summed E-state index contributed by atoms with van der Waals surface area (Å²) in [5, 5.41) is 9.70. The lowest BCUT2D eigenvalue weighted by atomic mass is 9.99. The van der Waals surface area contributed by atoms with Crippen LogP contribution in [0.2, 0.25) is 0 Å². The first-order chi connectivity index (χ1) is 8.60. The van der Waals surface area contributed by atoms with Gasteiger partial charge in [-0.1, -0.05) is 6.92 Å². The molecule has 1 amide bonds. The number of aryl methyl sites for hydroxylation is 1. The Hall–Kier alpha value is -1.43. The summed E-state index contributed by atoms with van der Waals surface area (Å²) in [7, 11) is 2.12. The number of rotatable bonds is 3. The number of aromatic nitrogens is 3. The second kappa shape index (κ2) is 5.48. The van der Waals surface area contributed by atoms with Gasteiger partial charge < -0.3 is 10.2 Å². The predicted octanol–water partition coefficient (Wildman–Crippen LogP) is 0.580. The number of carbonyl (C=O) groups excluding carboxylic acids is 1. The number of aromatic amines is 1. The zero-order chi connectivity index (χ0) is 13.1. The SMILES string of the molecule is CCc1nc(C(=O)NC2CCN(C)C(C)C2)n[nH]1. The van der Waals surface area contributed by atoms with E-state index in [4.69, 9.17) is 0 Å². The highest BCUT2D eigenvalue weighted by molar-refractivity contribution is 5.90. The van der Waals surface area contributed by atoms with Gasteiger partial charge in [-0.15, -0.1) is 5.10 Å².